The van der Waals surface area contributed by atoms with Crippen molar-refractivity contribution < 1.29 is 13.2 Å². The highest BCUT2D eigenvalue weighted by atomic mass is 32.2. The van der Waals surface area contributed by atoms with Gasteiger partial charge in [0.25, 0.3) is 0 Å². The average Bonchev–Trinajstić information content (AvgIpc) is 3.10. The lowest BCUT2D eigenvalue weighted by molar-refractivity contribution is -0.135. The van der Waals surface area contributed by atoms with Gasteiger partial charge in [0, 0.05) is 50.4 Å². The van der Waals surface area contributed by atoms with Crippen molar-refractivity contribution in [3.8, 4) is 0 Å². The number of anilines is 1. The molecule has 3 heterocycles. The molecule has 3 rings (SSSR count). The standard InChI is InChI=1S/C15H25N5O3S2/c1-3-12-17-14(24-18-12)20-10-8-19(9-11-20)13(21)15(25(2,22)23)4-6-16-7-5-15/h16H,3-11H2,1-2H3. The van der Waals surface area contributed by atoms with Crippen molar-refractivity contribution >= 4 is 32.4 Å². The Bertz CT molecular complexity index is 719. The third-order valence-electron chi connectivity index (χ3n) is 5.12. The lowest BCUT2D eigenvalue weighted by Gasteiger charge is -2.41. The van der Waals surface area contributed by atoms with E-state index in [1.165, 1.54) is 17.8 Å². The monoisotopic (exact) mass is 387 g/mol. The number of rotatable bonds is 4. The number of hydrogen-bond acceptors (Lipinski definition) is 8. The molecule has 2 fully saturated rings. The van der Waals surface area contributed by atoms with Crippen molar-refractivity contribution in [3.05, 3.63) is 5.82 Å². The molecule has 2 aliphatic heterocycles. The zero-order valence-electron chi connectivity index (χ0n) is 14.7. The van der Waals surface area contributed by atoms with Gasteiger partial charge < -0.3 is 15.1 Å². The molecule has 0 saturated carbocycles. The first-order valence-electron chi connectivity index (χ1n) is 8.64. The number of carbonyl (C=O) groups is 1. The summed E-state index contributed by atoms with van der Waals surface area (Å²) in [6.45, 7) is 5.48. The van der Waals surface area contributed by atoms with Gasteiger partial charge in [-0.05, 0) is 25.9 Å². The molecule has 8 nitrogen and oxygen atoms in total. The zero-order chi connectivity index (χ0) is 18.1. The number of carbonyl (C=O) groups excluding carboxylic acids is 1. The van der Waals surface area contributed by atoms with Gasteiger partial charge in [0.15, 0.2) is 14.6 Å². The van der Waals surface area contributed by atoms with Gasteiger partial charge in [-0.3, -0.25) is 4.79 Å². The second kappa shape index (κ2) is 7.16. The van der Waals surface area contributed by atoms with Crippen LogP contribution in [0.2, 0.25) is 0 Å². The van der Waals surface area contributed by atoms with E-state index in [2.05, 4.69) is 19.6 Å². The Kier molecular flexibility index (Phi) is 5.31. The van der Waals surface area contributed by atoms with Crippen LogP contribution in [0.3, 0.4) is 0 Å². The Balaban J connectivity index is 1.70. The Morgan fingerprint density at radius 1 is 1.24 bits per heavy atom. The smallest absolute Gasteiger partial charge is 0.244 e. The summed E-state index contributed by atoms with van der Waals surface area (Å²) in [5, 5.41) is 4.03. The Morgan fingerprint density at radius 3 is 2.40 bits per heavy atom. The van der Waals surface area contributed by atoms with Crippen LogP contribution in [0.5, 0.6) is 0 Å². The van der Waals surface area contributed by atoms with E-state index >= 15 is 0 Å². The number of aromatic nitrogens is 2. The van der Waals surface area contributed by atoms with Crippen LogP contribution < -0.4 is 10.2 Å². The lowest BCUT2D eigenvalue weighted by atomic mass is 9.95. The highest BCUT2D eigenvalue weighted by Crippen LogP contribution is 2.31. The maximum atomic E-state index is 13.1. The topological polar surface area (TPSA) is 95.5 Å². The first-order valence-corrected chi connectivity index (χ1v) is 11.3. The molecule has 1 amide bonds. The molecule has 140 valence electrons. The van der Waals surface area contributed by atoms with E-state index in [-0.39, 0.29) is 5.91 Å². The molecule has 0 aromatic carbocycles. The van der Waals surface area contributed by atoms with Gasteiger partial charge in [-0.2, -0.15) is 4.37 Å². The molecule has 0 aliphatic carbocycles. The predicted octanol–water partition coefficient (Wildman–Crippen LogP) is -0.0841. The minimum atomic E-state index is -3.47. The SMILES string of the molecule is CCc1nsc(N2CCN(C(=O)C3(S(C)(=O)=O)CCNCC3)CC2)n1. The molecule has 1 N–H and O–H groups in total. The van der Waals surface area contributed by atoms with E-state index in [9.17, 15) is 13.2 Å². The van der Waals surface area contributed by atoms with Crippen LogP contribution >= 0.6 is 11.5 Å². The first-order chi connectivity index (χ1) is 11.9. The minimum Gasteiger partial charge on any atom is -0.343 e. The predicted molar refractivity (Wildman–Crippen MR) is 97.8 cm³/mol. The van der Waals surface area contributed by atoms with E-state index < -0.39 is 14.6 Å². The fourth-order valence-corrected chi connectivity index (χ4v) is 5.67. The number of nitrogens with zero attached hydrogens (tertiary/aromatic N) is 4. The van der Waals surface area contributed by atoms with Crippen molar-refractivity contribution in [1.29, 1.82) is 0 Å². The summed E-state index contributed by atoms with van der Waals surface area (Å²) < 4.78 is 27.9. The summed E-state index contributed by atoms with van der Waals surface area (Å²) in [6, 6.07) is 0. The molecular weight excluding hydrogens is 362 g/mol. The summed E-state index contributed by atoms with van der Waals surface area (Å²) in [5.74, 6) is 0.604. The van der Waals surface area contributed by atoms with Gasteiger partial charge in [-0.15, -0.1) is 0 Å². The summed E-state index contributed by atoms with van der Waals surface area (Å²) in [6.07, 6.45) is 2.70. The van der Waals surface area contributed by atoms with E-state index in [1.54, 1.807) is 4.90 Å². The number of piperazine rings is 1. The number of hydrogen-bond donors (Lipinski definition) is 1. The molecule has 0 radical (unpaired) electrons. The normalized spacial score (nSPS) is 21.4. The second-order valence-corrected chi connectivity index (χ2v) is 9.70. The van der Waals surface area contributed by atoms with Crippen molar-refractivity contribution in [1.82, 2.24) is 19.6 Å². The van der Waals surface area contributed by atoms with Crippen LogP contribution in [0.4, 0.5) is 5.13 Å². The molecule has 2 saturated heterocycles. The first kappa shape index (κ1) is 18.5. The number of amides is 1. The molecule has 1 aromatic heterocycles. The third-order valence-corrected chi connectivity index (χ3v) is 7.94. The van der Waals surface area contributed by atoms with Gasteiger partial charge in [-0.1, -0.05) is 6.92 Å². The molecule has 0 spiro atoms. The minimum absolute atomic E-state index is 0.234. The van der Waals surface area contributed by atoms with E-state index in [0.29, 0.717) is 52.1 Å². The van der Waals surface area contributed by atoms with Crippen LogP contribution in [0.15, 0.2) is 0 Å². The molecule has 2 aliphatic rings. The van der Waals surface area contributed by atoms with Crippen LogP contribution in [0.1, 0.15) is 25.6 Å². The Morgan fingerprint density at radius 2 is 1.88 bits per heavy atom. The quantitative estimate of drug-likeness (QED) is 0.772. The number of sulfone groups is 1. The Labute approximate surface area is 152 Å². The van der Waals surface area contributed by atoms with Crippen LogP contribution in [-0.4, -0.2) is 78.9 Å². The summed E-state index contributed by atoms with van der Waals surface area (Å²) in [5.41, 5.74) is 0. The van der Waals surface area contributed by atoms with Crippen molar-refractivity contribution in [3.63, 3.8) is 0 Å². The molecule has 10 heteroatoms. The molecule has 25 heavy (non-hydrogen) atoms. The molecule has 0 bridgehead atoms. The summed E-state index contributed by atoms with van der Waals surface area (Å²) in [7, 11) is -3.47. The van der Waals surface area contributed by atoms with Crippen LogP contribution in [0.25, 0.3) is 0 Å². The second-order valence-electron chi connectivity index (χ2n) is 6.64. The van der Waals surface area contributed by atoms with E-state index in [0.717, 1.165) is 17.4 Å². The van der Waals surface area contributed by atoms with Gasteiger partial charge in [0.2, 0.25) is 11.0 Å². The van der Waals surface area contributed by atoms with Gasteiger partial charge in [0.05, 0.1) is 0 Å². The fraction of sp³-hybridized carbons (Fsp3) is 0.800. The lowest BCUT2D eigenvalue weighted by Crippen LogP contribution is -2.61. The van der Waals surface area contributed by atoms with Gasteiger partial charge >= 0.3 is 0 Å². The van der Waals surface area contributed by atoms with Crippen molar-refractivity contribution in [2.75, 3.05) is 50.4 Å². The maximum Gasteiger partial charge on any atom is 0.244 e. The fourth-order valence-electron chi connectivity index (χ4n) is 3.48. The molecule has 0 atom stereocenters. The van der Waals surface area contributed by atoms with Crippen LogP contribution in [-0.2, 0) is 21.1 Å². The maximum absolute atomic E-state index is 13.1. The zero-order valence-corrected chi connectivity index (χ0v) is 16.3. The van der Waals surface area contributed by atoms with E-state index in [4.69, 9.17) is 0 Å². The summed E-state index contributed by atoms with van der Waals surface area (Å²) >= 11 is 1.38. The highest BCUT2D eigenvalue weighted by Gasteiger charge is 2.50. The third kappa shape index (κ3) is 3.52. The largest absolute Gasteiger partial charge is 0.343 e. The molecule has 0 unspecified atom stereocenters. The number of aryl methyl sites for hydroxylation is 1. The van der Waals surface area contributed by atoms with Gasteiger partial charge in [0.1, 0.15) is 5.82 Å². The van der Waals surface area contributed by atoms with Crippen LogP contribution in [0, 0.1) is 0 Å². The van der Waals surface area contributed by atoms with Crippen molar-refractivity contribution in [2.24, 2.45) is 0 Å². The molecule has 1 aromatic rings. The van der Waals surface area contributed by atoms with Gasteiger partial charge in [-0.25, -0.2) is 13.4 Å². The highest BCUT2D eigenvalue weighted by molar-refractivity contribution is 7.92. The molecular formula is C15H25N5O3S2. The number of nitrogens with one attached hydrogen (secondary N) is 1. The van der Waals surface area contributed by atoms with Crippen molar-refractivity contribution in [2.45, 2.75) is 30.9 Å². The summed E-state index contributed by atoms with van der Waals surface area (Å²) in [4.78, 5) is 21.4. The van der Waals surface area contributed by atoms with E-state index in [1.807, 2.05) is 6.92 Å². The average molecular weight is 388 g/mol. The number of piperidine rings is 1. The Hall–Kier alpha value is -1.26.